The molecule has 0 saturated carbocycles. The summed E-state index contributed by atoms with van der Waals surface area (Å²) in [7, 11) is 0. The third-order valence-electron chi connectivity index (χ3n) is 16.2. The molecule has 0 unspecified atom stereocenters. The van der Waals surface area contributed by atoms with Crippen molar-refractivity contribution >= 4 is 82.7 Å². The van der Waals surface area contributed by atoms with Crippen molar-refractivity contribution in [1.29, 1.82) is 0 Å². The highest BCUT2D eigenvalue weighted by molar-refractivity contribution is 6.00. The van der Waals surface area contributed by atoms with Crippen LogP contribution in [0.5, 0.6) is 0 Å². The summed E-state index contributed by atoms with van der Waals surface area (Å²) in [6, 6.07) is -16.0. The lowest BCUT2D eigenvalue weighted by Gasteiger charge is -2.28. The highest BCUT2D eigenvalue weighted by atomic mass is 16.2. The molecule has 550 valence electrons. The number of carbonyl (C=O) groups is 14. The molecule has 14 amide bonds. The summed E-state index contributed by atoms with van der Waals surface area (Å²) in [4.78, 5) is 189. The maximum absolute atomic E-state index is 14.0. The van der Waals surface area contributed by atoms with Crippen molar-refractivity contribution in [3.05, 3.63) is 0 Å². The Bertz CT molecular complexity index is 2540. The molecular weight excluding hydrogens is 1240 g/mol. The average molecular weight is 1370 g/mol. The molecule has 0 heterocycles. The predicted octanol–water partition coefficient (Wildman–Crippen LogP) is -2.81. The van der Waals surface area contributed by atoms with E-state index < -0.39 is 174 Å². The second-order valence-electron chi connectivity index (χ2n) is 26.4. The van der Waals surface area contributed by atoms with Gasteiger partial charge in [0.15, 0.2) is 0 Å². The average Bonchev–Trinajstić information content (AvgIpc) is 0.894. The molecule has 0 saturated heterocycles. The lowest BCUT2D eigenvalue weighted by atomic mass is 9.97. The topological polar surface area (TPSA) is 539 Å². The number of unbranched alkanes of at least 4 members (excludes halogenated alkanes) is 3. The molecule has 0 spiro atoms. The first-order chi connectivity index (χ1) is 44.9. The van der Waals surface area contributed by atoms with Crippen molar-refractivity contribution in [2.24, 2.45) is 64.0 Å². The van der Waals surface area contributed by atoms with E-state index in [0.29, 0.717) is 64.5 Å². The van der Waals surface area contributed by atoms with E-state index in [0.717, 1.165) is 0 Å². The highest BCUT2D eigenvalue weighted by Gasteiger charge is 2.37. The molecule has 0 radical (unpaired) electrons. The fourth-order valence-electron chi connectivity index (χ4n) is 9.79. The van der Waals surface area contributed by atoms with Crippen LogP contribution in [0, 0.1) is 29.6 Å². The Morgan fingerprint density at radius 1 is 0.302 bits per heavy atom. The van der Waals surface area contributed by atoms with Crippen molar-refractivity contribution in [1.82, 2.24) is 63.8 Å². The van der Waals surface area contributed by atoms with E-state index in [2.05, 4.69) is 63.8 Å². The van der Waals surface area contributed by atoms with Crippen LogP contribution >= 0.6 is 0 Å². The molecule has 0 bridgehead atoms. The SMILES string of the molecule is CC[C@H](C)[C@H](N)C(=O)N[C@@H](CC(N)=O)C(=O)N[C@@H](CC(C)C)C(=O)N[C@@H](CCCCN)C(=O)N[C@@H](C)C(=O)N[C@H](C(=O)N[C@@H](C)C(=O)N[C@@H](C)C(=O)N[C@@H](CC(C)C)C(=O)N[C@@H](C)C(=O)N[C@@H](CCCCN)C(=O)N[C@@H](CCCCN)C(=O)N[C@@H](CC(C)C)C(N)=O)[C@@H](C)CC. The molecule has 0 fully saturated rings. The molecule has 0 aliphatic rings. The molecule has 15 atom stereocenters. The molecule has 0 aromatic rings. The second kappa shape index (κ2) is 46.6. The van der Waals surface area contributed by atoms with Gasteiger partial charge in [0.2, 0.25) is 82.7 Å². The van der Waals surface area contributed by atoms with Crippen LogP contribution in [-0.2, 0) is 67.1 Å². The van der Waals surface area contributed by atoms with Gasteiger partial charge in [-0.3, -0.25) is 67.1 Å². The third kappa shape index (κ3) is 34.4. The molecule has 24 N–H and O–H groups in total. The number of primary amides is 2. The van der Waals surface area contributed by atoms with Gasteiger partial charge in [-0.05, 0) is 154 Å². The number of amides is 14. The van der Waals surface area contributed by atoms with Gasteiger partial charge in [-0.15, -0.1) is 0 Å². The van der Waals surface area contributed by atoms with Crippen LogP contribution in [0.1, 0.15) is 193 Å². The number of hydrogen-bond acceptors (Lipinski definition) is 18. The molecule has 0 aliphatic heterocycles. The maximum atomic E-state index is 14.0. The minimum Gasteiger partial charge on any atom is -0.370 e. The summed E-state index contributed by atoms with van der Waals surface area (Å²) < 4.78 is 0. The summed E-state index contributed by atoms with van der Waals surface area (Å²) >= 11 is 0. The molecule has 0 aliphatic carbocycles. The molecule has 0 aromatic heterocycles. The fraction of sp³-hybridized carbons (Fsp3) is 0.781. The van der Waals surface area contributed by atoms with Gasteiger partial charge in [-0.25, -0.2) is 0 Å². The van der Waals surface area contributed by atoms with Crippen molar-refractivity contribution in [3.63, 3.8) is 0 Å². The molecule has 32 nitrogen and oxygen atoms in total. The van der Waals surface area contributed by atoms with E-state index in [9.17, 15) is 67.1 Å². The quantitative estimate of drug-likeness (QED) is 0.0273. The van der Waals surface area contributed by atoms with Gasteiger partial charge < -0.3 is 98.2 Å². The zero-order chi connectivity index (χ0) is 73.7. The van der Waals surface area contributed by atoms with E-state index in [4.69, 9.17) is 34.4 Å². The Morgan fingerprint density at radius 2 is 0.573 bits per heavy atom. The van der Waals surface area contributed by atoms with Gasteiger partial charge in [-0.2, -0.15) is 0 Å². The van der Waals surface area contributed by atoms with Crippen LogP contribution in [0.4, 0.5) is 0 Å². The van der Waals surface area contributed by atoms with Crippen molar-refractivity contribution in [2.45, 2.75) is 272 Å². The van der Waals surface area contributed by atoms with Crippen LogP contribution in [0.15, 0.2) is 0 Å². The third-order valence-corrected chi connectivity index (χ3v) is 16.2. The Hall–Kier alpha value is -7.58. The number of hydrogen-bond donors (Lipinski definition) is 18. The first kappa shape index (κ1) is 88.4. The minimum atomic E-state index is -1.48. The van der Waals surface area contributed by atoms with Crippen molar-refractivity contribution in [2.75, 3.05) is 19.6 Å². The summed E-state index contributed by atoms with van der Waals surface area (Å²) in [5.41, 5.74) is 34.2. The van der Waals surface area contributed by atoms with E-state index in [1.165, 1.54) is 27.7 Å². The van der Waals surface area contributed by atoms with Crippen LogP contribution in [-0.4, -0.2) is 181 Å². The van der Waals surface area contributed by atoms with Crippen LogP contribution in [0.2, 0.25) is 0 Å². The summed E-state index contributed by atoms with van der Waals surface area (Å²) in [5, 5.41) is 31.3. The van der Waals surface area contributed by atoms with E-state index in [1.807, 2.05) is 20.8 Å². The fourth-order valence-corrected chi connectivity index (χ4v) is 9.79. The van der Waals surface area contributed by atoms with Gasteiger partial charge >= 0.3 is 0 Å². The smallest absolute Gasteiger partial charge is 0.243 e. The standard InChI is InChI=1S/C64H120N18O14/c1-15-36(9)50(69)63(95)81-48(32-49(68)83)62(94)80-47(31-35(7)8)61(93)77-42(23-17-20-26-65)57(89)72-41(14)56(88)82-51(37(10)16-2)64(96)74-38(11)53(85)71-39(12)55(87)79-46(30-34(5)6)60(92)73-40(13)54(86)75-43(24-18-21-27-66)58(90)76-44(25-19-22-28-67)59(91)78-45(52(70)84)29-33(3)4/h33-48,50-51H,15-32,65-67,69H2,1-14H3,(H2,68,83)(H2,70,84)(H,71,85)(H,72,89)(H,73,92)(H,74,96)(H,75,86)(H,76,90)(H,77,93)(H,78,91)(H,79,87)(H,80,94)(H,81,95)(H,82,88)/t36-,37-,38-,39-,40-,41-,42-,43-,44-,45-,46-,47-,48-,50-,51-/m0/s1. The molecular formula is C64H120N18O14. The van der Waals surface area contributed by atoms with E-state index >= 15 is 0 Å². The zero-order valence-corrected chi connectivity index (χ0v) is 59.3. The molecule has 0 rings (SSSR count). The lowest BCUT2D eigenvalue weighted by Crippen LogP contribution is -2.60. The molecule has 96 heavy (non-hydrogen) atoms. The predicted molar refractivity (Wildman–Crippen MR) is 363 cm³/mol. The lowest BCUT2D eigenvalue weighted by molar-refractivity contribution is -0.136. The first-order valence-corrected chi connectivity index (χ1v) is 34.0. The van der Waals surface area contributed by atoms with Crippen LogP contribution in [0.25, 0.3) is 0 Å². The number of rotatable bonds is 49. The van der Waals surface area contributed by atoms with Gasteiger partial charge in [0.05, 0.1) is 12.5 Å². The number of nitrogens with one attached hydrogen (secondary N) is 12. The Labute approximate surface area is 567 Å². The monoisotopic (exact) mass is 1360 g/mol. The number of carbonyl (C=O) groups excluding carboxylic acids is 14. The maximum Gasteiger partial charge on any atom is 0.243 e. The van der Waals surface area contributed by atoms with Crippen molar-refractivity contribution in [3.8, 4) is 0 Å². The van der Waals surface area contributed by atoms with Crippen LogP contribution in [0.3, 0.4) is 0 Å². The first-order valence-electron chi connectivity index (χ1n) is 34.0. The normalized spacial score (nSPS) is 16.1. The second-order valence-corrected chi connectivity index (χ2v) is 26.4. The van der Waals surface area contributed by atoms with Gasteiger partial charge in [0.25, 0.3) is 0 Å². The summed E-state index contributed by atoms with van der Waals surface area (Å²) in [6.07, 6.45) is 3.76. The highest BCUT2D eigenvalue weighted by Crippen LogP contribution is 2.15. The number of nitrogens with two attached hydrogens (primary N) is 6. The minimum absolute atomic E-state index is 0.00761. The van der Waals surface area contributed by atoms with E-state index in [-0.39, 0.29) is 68.7 Å². The van der Waals surface area contributed by atoms with Crippen LogP contribution < -0.4 is 98.2 Å². The van der Waals surface area contributed by atoms with Gasteiger partial charge in [0, 0.05) is 0 Å². The Morgan fingerprint density at radius 3 is 0.938 bits per heavy atom. The van der Waals surface area contributed by atoms with Gasteiger partial charge in [0.1, 0.15) is 72.5 Å². The van der Waals surface area contributed by atoms with E-state index in [1.54, 1.807) is 48.5 Å². The molecule has 0 aromatic carbocycles. The Kier molecular flexibility index (Phi) is 42.9. The Balaban J connectivity index is 6.25. The van der Waals surface area contributed by atoms with Crippen molar-refractivity contribution < 1.29 is 67.1 Å². The summed E-state index contributed by atoms with van der Waals surface area (Å²) in [5.74, 6) is -12.1. The summed E-state index contributed by atoms with van der Waals surface area (Å²) in [6.45, 7) is 24.2. The molecule has 32 heteroatoms. The largest absolute Gasteiger partial charge is 0.370 e. The van der Waals surface area contributed by atoms with Gasteiger partial charge in [-0.1, -0.05) is 82.1 Å². The zero-order valence-electron chi connectivity index (χ0n) is 59.3.